The fourth-order valence-electron chi connectivity index (χ4n) is 2.46. The number of carboxylic acids is 1. The van der Waals surface area contributed by atoms with Crippen molar-refractivity contribution in [2.24, 2.45) is 0 Å². The molecule has 0 aliphatic rings. The van der Waals surface area contributed by atoms with Gasteiger partial charge in [-0.15, -0.1) is 0 Å². The number of rotatable bonds is 9. The van der Waals surface area contributed by atoms with E-state index in [4.69, 9.17) is 4.74 Å². The molecule has 8 heteroatoms. The first kappa shape index (κ1) is 21.3. The molecule has 0 heterocycles. The van der Waals surface area contributed by atoms with E-state index >= 15 is 0 Å². The van der Waals surface area contributed by atoms with Crippen LogP contribution in [-0.2, 0) is 4.79 Å². The zero-order chi connectivity index (χ0) is 20.5. The van der Waals surface area contributed by atoms with Crippen molar-refractivity contribution in [1.29, 1.82) is 0 Å². The van der Waals surface area contributed by atoms with E-state index in [0.717, 1.165) is 0 Å². The van der Waals surface area contributed by atoms with Crippen molar-refractivity contribution < 1.29 is 24.2 Å². The first-order valence-electron chi connectivity index (χ1n) is 8.53. The number of nitrogens with one attached hydrogen (secondary N) is 2. The van der Waals surface area contributed by atoms with Crippen LogP contribution in [-0.4, -0.2) is 48.1 Å². The molecule has 28 heavy (non-hydrogen) atoms. The summed E-state index contributed by atoms with van der Waals surface area (Å²) >= 11 is 1.50. The highest BCUT2D eigenvalue weighted by molar-refractivity contribution is 7.98. The molecule has 0 fully saturated rings. The second kappa shape index (κ2) is 10.4. The minimum absolute atomic E-state index is 0.194. The van der Waals surface area contributed by atoms with Crippen molar-refractivity contribution in [3.05, 3.63) is 59.7 Å². The zero-order valence-electron chi connectivity index (χ0n) is 15.6. The number of hydrogen-bond donors (Lipinski definition) is 3. The smallest absolute Gasteiger partial charge is 0.326 e. The molecule has 2 aromatic rings. The fourth-order valence-corrected chi connectivity index (χ4v) is 2.93. The summed E-state index contributed by atoms with van der Waals surface area (Å²) in [6.45, 7) is 0. The summed E-state index contributed by atoms with van der Waals surface area (Å²) in [4.78, 5) is 36.4. The third-order valence-electron chi connectivity index (χ3n) is 3.99. The number of anilines is 1. The zero-order valence-corrected chi connectivity index (χ0v) is 16.4. The normalized spacial score (nSPS) is 11.4. The molecule has 2 amide bonds. The van der Waals surface area contributed by atoms with Crippen molar-refractivity contribution in [3.8, 4) is 5.75 Å². The maximum absolute atomic E-state index is 12.6. The molecule has 2 rings (SSSR count). The number of ether oxygens (including phenoxy) is 1. The lowest BCUT2D eigenvalue weighted by Crippen LogP contribution is -2.41. The Balaban J connectivity index is 2.15. The van der Waals surface area contributed by atoms with Crippen molar-refractivity contribution in [2.45, 2.75) is 12.5 Å². The molecule has 0 aliphatic heterocycles. The minimum Gasteiger partial charge on any atom is -0.497 e. The minimum atomic E-state index is -1.10. The predicted octanol–water partition coefficient (Wildman–Crippen LogP) is 2.88. The van der Waals surface area contributed by atoms with Gasteiger partial charge >= 0.3 is 5.97 Å². The van der Waals surface area contributed by atoms with E-state index in [2.05, 4.69) is 10.6 Å². The van der Waals surface area contributed by atoms with Crippen LogP contribution in [0.25, 0.3) is 0 Å². The van der Waals surface area contributed by atoms with E-state index in [1.807, 2.05) is 6.26 Å². The maximum Gasteiger partial charge on any atom is 0.326 e. The Morgan fingerprint density at radius 1 is 1.07 bits per heavy atom. The van der Waals surface area contributed by atoms with Gasteiger partial charge in [0, 0.05) is 5.56 Å². The molecule has 148 valence electrons. The Labute approximate surface area is 167 Å². The van der Waals surface area contributed by atoms with Gasteiger partial charge in [-0.2, -0.15) is 11.8 Å². The number of thioether (sulfide) groups is 1. The van der Waals surface area contributed by atoms with Crippen molar-refractivity contribution >= 4 is 35.2 Å². The fraction of sp³-hybridized carbons (Fsp3) is 0.250. The number of carbonyl (C=O) groups is 3. The van der Waals surface area contributed by atoms with Crippen LogP contribution in [0.5, 0.6) is 5.75 Å². The number of hydrogen-bond acceptors (Lipinski definition) is 5. The third-order valence-corrected chi connectivity index (χ3v) is 4.63. The molecule has 7 nitrogen and oxygen atoms in total. The first-order chi connectivity index (χ1) is 13.5. The predicted molar refractivity (Wildman–Crippen MR) is 109 cm³/mol. The lowest BCUT2D eigenvalue weighted by atomic mass is 10.1. The van der Waals surface area contributed by atoms with Crippen LogP contribution < -0.4 is 15.4 Å². The monoisotopic (exact) mass is 402 g/mol. The molecule has 2 aromatic carbocycles. The quantitative estimate of drug-likeness (QED) is 0.596. The highest BCUT2D eigenvalue weighted by atomic mass is 32.2. The number of carbonyl (C=O) groups excluding carboxylic acids is 2. The van der Waals surface area contributed by atoms with Gasteiger partial charge in [0.05, 0.1) is 18.4 Å². The first-order valence-corrected chi connectivity index (χ1v) is 9.92. The molecule has 3 N–H and O–H groups in total. The number of methoxy groups -OCH3 is 1. The Morgan fingerprint density at radius 3 is 2.36 bits per heavy atom. The van der Waals surface area contributed by atoms with Crippen LogP contribution >= 0.6 is 11.8 Å². The Kier molecular flexibility index (Phi) is 7.88. The number of carboxylic acid groups (broad SMARTS) is 1. The van der Waals surface area contributed by atoms with Gasteiger partial charge < -0.3 is 20.5 Å². The van der Waals surface area contributed by atoms with Gasteiger partial charge in [-0.25, -0.2) is 4.79 Å². The highest BCUT2D eigenvalue weighted by Crippen LogP contribution is 2.18. The summed E-state index contributed by atoms with van der Waals surface area (Å²) in [6, 6.07) is 12.0. The topological polar surface area (TPSA) is 105 Å². The maximum atomic E-state index is 12.6. The SMILES string of the molecule is COc1ccc(C(=O)Nc2ccccc2C(=O)NC(CCSC)C(=O)O)cc1. The van der Waals surface area contributed by atoms with E-state index in [1.54, 1.807) is 42.5 Å². The van der Waals surface area contributed by atoms with Gasteiger partial charge in [-0.1, -0.05) is 12.1 Å². The van der Waals surface area contributed by atoms with E-state index < -0.39 is 17.9 Å². The number of benzene rings is 2. The molecule has 1 unspecified atom stereocenters. The summed E-state index contributed by atoms with van der Waals surface area (Å²) in [5, 5.41) is 14.5. The van der Waals surface area contributed by atoms with Crippen molar-refractivity contribution in [2.75, 3.05) is 24.4 Å². The summed E-state index contributed by atoms with van der Waals surface area (Å²) in [5.74, 6) is -0.810. The van der Waals surface area contributed by atoms with Crippen LogP contribution in [0.4, 0.5) is 5.69 Å². The van der Waals surface area contributed by atoms with Crippen LogP contribution in [0.15, 0.2) is 48.5 Å². The van der Waals surface area contributed by atoms with Crippen LogP contribution in [0.2, 0.25) is 0 Å². The molecule has 0 saturated carbocycles. The van der Waals surface area contributed by atoms with E-state index in [1.165, 1.54) is 24.9 Å². The summed E-state index contributed by atoms with van der Waals surface area (Å²) in [7, 11) is 1.54. The molecular formula is C20H22N2O5S. The highest BCUT2D eigenvalue weighted by Gasteiger charge is 2.22. The summed E-state index contributed by atoms with van der Waals surface area (Å²) in [6.07, 6.45) is 2.17. The van der Waals surface area contributed by atoms with Gasteiger partial charge in [-0.05, 0) is 54.8 Å². The van der Waals surface area contributed by atoms with E-state index in [9.17, 15) is 19.5 Å². The molecule has 0 bridgehead atoms. The van der Waals surface area contributed by atoms with Gasteiger partial charge in [0.15, 0.2) is 0 Å². The van der Waals surface area contributed by atoms with Crippen LogP contribution in [0.3, 0.4) is 0 Å². The second-order valence-corrected chi connectivity index (χ2v) is 6.86. The Morgan fingerprint density at radius 2 is 1.75 bits per heavy atom. The van der Waals surface area contributed by atoms with Crippen molar-refractivity contribution in [3.63, 3.8) is 0 Å². The van der Waals surface area contributed by atoms with Crippen LogP contribution in [0, 0.1) is 0 Å². The Hall–Kier alpha value is -3.00. The van der Waals surface area contributed by atoms with Gasteiger partial charge in [0.1, 0.15) is 11.8 Å². The molecule has 0 spiro atoms. The van der Waals surface area contributed by atoms with E-state index in [-0.39, 0.29) is 11.5 Å². The molecule has 1 atom stereocenters. The molecule has 0 aromatic heterocycles. The average molecular weight is 402 g/mol. The van der Waals surface area contributed by atoms with Gasteiger partial charge in [0.25, 0.3) is 11.8 Å². The third kappa shape index (κ3) is 5.75. The molecule has 0 radical (unpaired) electrons. The summed E-state index contributed by atoms with van der Waals surface area (Å²) < 4.78 is 5.07. The lowest BCUT2D eigenvalue weighted by Gasteiger charge is -2.16. The molecule has 0 saturated heterocycles. The molecular weight excluding hydrogens is 380 g/mol. The average Bonchev–Trinajstić information content (AvgIpc) is 2.71. The summed E-state index contributed by atoms with van der Waals surface area (Å²) in [5.41, 5.74) is 0.897. The number of amides is 2. The molecule has 0 aliphatic carbocycles. The Bertz CT molecular complexity index is 839. The second-order valence-electron chi connectivity index (χ2n) is 5.87. The number of para-hydroxylation sites is 1. The standard InChI is InChI=1S/C20H22N2O5S/c1-27-14-9-7-13(8-10-14)18(23)21-16-6-4-3-5-15(16)19(24)22-17(20(25)26)11-12-28-2/h3-10,17H,11-12H2,1-2H3,(H,21,23)(H,22,24)(H,25,26). The van der Waals surface area contributed by atoms with Crippen LogP contribution in [0.1, 0.15) is 27.1 Å². The number of aliphatic carboxylic acids is 1. The van der Waals surface area contributed by atoms with Gasteiger partial charge in [0.2, 0.25) is 0 Å². The lowest BCUT2D eigenvalue weighted by molar-refractivity contribution is -0.139. The van der Waals surface area contributed by atoms with Crippen molar-refractivity contribution in [1.82, 2.24) is 5.32 Å². The van der Waals surface area contributed by atoms with Gasteiger partial charge in [-0.3, -0.25) is 9.59 Å². The van der Waals surface area contributed by atoms with E-state index in [0.29, 0.717) is 29.2 Å². The largest absolute Gasteiger partial charge is 0.497 e.